The third-order valence-electron chi connectivity index (χ3n) is 11.1. The number of sulfone groups is 1. The van der Waals surface area contributed by atoms with Crippen molar-refractivity contribution in [3.05, 3.63) is 130 Å². The number of hydrogen-bond donors (Lipinski definition) is 0. The van der Waals surface area contributed by atoms with Crippen LogP contribution in [-0.4, -0.2) is 104 Å². The van der Waals surface area contributed by atoms with Crippen LogP contribution in [0.3, 0.4) is 0 Å². The third kappa shape index (κ3) is 9.35. The number of morpholine rings is 1. The molecule has 2 aliphatic rings. The number of hydrogen-bond acceptors (Lipinski definition) is 8. The van der Waals surface area contributed by atoms with E-state index in [2.05, 4.69) is 34.4 Å². The molecule has 0 N–H and O–H groups in total. The Labute approximate surface area is 350 Å². The number of anilines is 1. The van der Waals surface area contributed by atoms with Crippen molar-refractivity contribution in [3.8, 4) is 22.8 Å². The number of aromatic nitrogens is 1. The number of carbonyl (C=O) groups is 2. The molecule has 2 amide bonds. The summed E-state index contributed by atoms with van der Waals surface area (Å²) in [5.41, 5.74) is 7.22. The van der Waals surface area contributed by atoms with Gasteiger partial charge >= 0.3 is 191 Å². The van der Waals surface area contributed by atoms with Crippen LogP contribution in [0.5, 0.6) is 11.5 Å². The number of ether oxygens (including phenoxy) is 2. The zero-order valence-electron chi connectivity index (χ0n) is 34.2. The van der Waals surface area contributed by atoms with Gasteiger partial charge < -0.3 is 14.5 Å². The maximum absolute atomic E-state index is 14.7. The van der Waals surface area contributed by atoms with E-state index in [0.29, 0.717) is 52.5 Å². The van der Waals surface area contributed by atoms with Gasteiger partial charge in [-0.15, -0.1) is 0 Å². The third-order valence-corrected chi connectivity index (χ3v) is 12.6. The number of carbonyl (C=O) groups excluding carboxylic acids is 2. The fraction of sp³-hybridized carbons (Fsp3) is 0.333. The molecule has 7 rings (SSSR count). The van der Waals surface area contributed by atoms with E-state index >= 15 is 0 Å². The molecule has 2 aliphatic heterocycles. The van der Waals surface area contributed by atoms with E-state index in [-0.39, 0.29) is 29.3 Å². The molecular weight excluding hydrogens is 820 g/mol. The van der Waals surface area contributed by atoms with Crippen LogP contribution in [-0.2, 0) is 41.1 Å². The van der Waals surface area contributed by atoms with Crippen molar-refractivity contribution in [2.75, 3.05) is 51.6 Å². The Morgan fingerprint density at radius 2 is 1.59 bits per heavy atom. The molecule has 0 saturated carbocycles. The molecule has 11 nitrogen and oxygen atoms in total. The molecule has 1 aromatic heterocycles. The summed E-state index contributed by atoms with van der Waals surface area (Å²) in [5.74, 6) is 0.861. The summed E-state index contributed by atoms with van der Waals surface area (Å²) >= 11 is 2.54. The molecule has 1 fully saturated rings. The molecule has 5 aromatic rings. The molecule has 4 aromatic carbocycles. The Bertz CT molecular complexity index is 2390. The maximum atomic E-state index is 14.7. The summed E-state index contributed by atoms with van der Waals surface area (Å²) in [6.45, 7) is 10.6. The van der Waals surface area contributed by atoms with Crippen LogP contribution >= 0.6 is 0 Å². The topological polar surface area (TPSA) is 111 Å². The number of rotatable bonds is 9. The summed E-state index contributed by atoms with van der Waals surface area (Å²) < 4.78 is 43.4. The van der Waals surface area contributed by atoms with E-state index in [4.69, 9.17) is 13.3 Å². The van der Waals surface area contributed by atoms with E-state index in [1.807, 2.05) is 85.8 Å². The van der Waals surface area contributed by atoms with Crippen LogP contribution in [0, 0.1) is 13.8 Å². The summed E-state index contributed by atoms with van der Waals surface area (Å²) in [7, 11) is 1.94. The quantitative estimate of drug-likeness (QED) is 0.153. The molecule has 58 heavy (non-hydrogen) atoms. The van der Waals surface area contributed by atoms with Gasteiger partial charge in [-0.1, -0.05) is 24.3 Å². The predicted octanol–water partition coefficient (Wildman–Crippen LogP) is 6.57. The minimum atomic E-state index is -3.62. The fourth-order valence-corrected chi connectivity index (χ4v) is 8.30. The van der Waals surface area contributed by atoms with Gasteiger partial charge in [-0.2, -0.15) is 0 Å². The molecule has 1 atom stereocenters. The van der Waals surface area contributed by atoms with Crippen molar-refractivity contribution in [2.45, 2.75) is 51.2 Å². The van der Waals surface area contributed by atoms with Gasteiger partial charge in [0.2, 0.25) is 0 Å². The average molecular weight is 871 g/mol. The van der Waals surface area contributed by atoms with E-state index in [1.54, 1.807) is 42.3 Å². The minimum absolute atomic E-state index is 0.0712. The molecule has 0 unspecified atom stereocenters. The Kier molecular flexibility index (Phi) is 13.5. The monoisotopic (exact) mass is 871 g/mol. The first-order chi connectivity index (χ1) is 27.7. The Morgan fingerprint density at radius 3 is 2.21 bits per heavy atom. The van der Waals surface area contributed by atoms with Crippen molar-refractivity contribution in [3.63, 3.8) is 0 Å². The molecule has 13 heteroatoms. The van der Waals surface area contributed by atoms with Gasteiger partial charge in [-0.25, -0.2) is 8.42 Å². The van der Waals surface area contributed by atoms with Crippen LogP contribution in [0.1, 0.15) is 55.6 Å². The predicted molar refractivity (Wildman–Crippen MR) is 228 cm³/mol. The Hall–Kier alpha value is -4.91. The molecule has 0 aliphatic carbocycles. The fourth-order valence-electron chi connectivity index (χ4n) is 7.42. The number of amides is 2. The second-order valence-electron chi connectivity index (χ2n) is 15.0. The second-order valence-corrected chi connectivity index (χ2v) is 17.3. The number of likely N-dealkylation sites (N-methyl/N-ethyl adjacent to an activating group) is 1. The van der Waals surface area contributed by atoms with Crippen molar-refractivity contribution in [1.82, 2.24) is 14.4 Å². The van der Waals surface area contributed by atoms with Crippen molar-refractivity contribution in [1.29, 1.82) is 0 Å². The zero-order valence-corrected chi connectivity index (χ0v) is 36.7. The second kappa shape index (κ2) is 18.3. The number of fused-ring (bicyclic) bond motifs is 1. The number of methoxy groups -OCH3 is 1. The van der Waals surface area contributed by atoms with Crippen LogP contribution in [0.15, 0.2) is 95.9 Å². The normalized spacial score (nSPS) is 15.5. The number of benzene rings is 4. The van der Waals surface area contributed by atoms with Crippen LogP contribution in [0.2, 0.25) is 0 Å². The first-order valence-electron chi connectivity index (χ1n) is 19.2. The summed E-state index contributed by atoms with van der Waals surface area (Å²) in [4.78, 5) is 35.0. The average Bonchev–Trinajstić information content (AvgIpc) is 3.52. The van der Waals surface area contributed by atoms with Crippen molar-refractivity contribution >= 4 is 43.7 Å². The van der Waals surface area contributed by atoms with Crippen molar-refractivity contribution < 1.29 is 31.3 Å². The molecule has 305 valence electrons. The van der Waals surface area contributed by atoms with Gasteiger partial charge in [0.1, 0.15) is 0 Å². The Morgan fingerprint density at radius 1 is 0.897 bits per heavy atom. The summed E-state index contributed by atoms with van der Waals surface area (Å²) in [5, 5.41) is 0. The van der Waals surface area contributed by atoms with E-state index < -0.39 is 9.84 Å². The van der Waals surface area contributed by atoms with Gasteiger partial charge in [0.05, 0.1) is 18.1 Å². The van der Waals surface area contributed by atoms with Gasteiger partial charge in [-0.05, 0) is 43.7 Å². The van der Waals surface area contributed by atoms with Crippen molar-refractivity contribution in [2.24, 2.45) is 7.05 Å². The number of nitrogens with zero attached hydrogens (tertiary/aromatic N) is 4. The molecule has 1 saturated heterocycles. The van der Waals surface area contributed by atoms with Crippen LogP contribution in [0.4, 0.5) is 5.69 Å². The standard InChI is InChI=1S/C40H40N3O6SSe.C5H11NO/c1-25-20-28-10-7-8-11-30(28)24-42(25)39(44)34-19-18-33(50(6,46)47)21-36(34)37-22-35(27(3)41(37)4)40(45)43(31-14-16-32(49-51)17-15-31)23-29-12-9-13-38(48-5)26(29)2;1-6-2-4-7-5-3-6/h7-19,21-22,25H,20,23-24H2,1-6H3;2-5H2,1H3/t25-;/m1./s1. The molecule has 0 bridgehead atoms. The van der Waals surface area contributed by atoms with Gasteiger partial charge in [-0.3, -0.25) is 4.79 Å². The van der Waals surface area contributed by atoms with Crippen LogP contribution in [0.25, 0.3) is 11.3 Å². The van der Waals surface area contributed by atoms with E-state index in [9.17, 15) is 18.0 Å². The van der Waals surface area contributed by atoms with Crippen LogP contribution < -0.4 is 13.5 Å². The first-order valence-corrected chi connectivity index (χ1v) is 21.8. The van der Waals surface area contributed by atoms with E-state index in [1.165, 1.54) is 11.6 Å². The van der Waals surface area contributed by atoms with Gasteiger partial charge in [0.25, 0.3) is 5.91 Å². The molecular formula is C45H51N4O7SSe. The summed E-state index contributed by atoms with van der Waals surface area (Å²) in [6, 6.07) is 27.4. The first kappa shape index (κ1) is 42.7. The van der Waals surface area contributed by atoms with E-state index in [0.717, 1.165) is 55.0 Å². The molecule has 3 heterocycles. The van der Waals surface area contributed by atoms with Gasteiger partial charge in [0, 0.05) is 31.9 Å². The zero-order chi connectivity index (χ0) is 41.7. The molecule has 1 radical (unpaired) electrons. The summed E-state index contributed by atoms with van der Waals surface area (Å²) in [6.07, 6.45) is 1.86. The Balaban J connectivity index is 0.000000732. The molecule has 0 spiro atoms. The SMILES string of the molecule is CN1CCOCC1.COc1cccc(CN(C(=O)c2cc(-c3cc(S(C)(=O)=O)ccc3C(=O)N3Cc4ccccc4C[C@H]3C)n(C)c2C)c2ccc(O[Se])cc2)c1C. The van der Waals surface area contributed by atoms with Gasteiger partial charge in [0.15, 0.2) is 9.84 Å².